The monoisotopic (exact) mass is 214 g/mol. The summed E-state index contributed by atoms with van der Waals surface area (Å²) in [5.74, 6) is -0.731. The highest BCUT2D eigenvalue weighted by molar-refractivity contribution is 5.67. The fraction of sp³-hybridized carbons (Fsp3) is 0.909. The van der Waals surface area contributed by atoms with E-state index in [1.165, 1.54) is 0 Å². The highest BCUT2D eigenvalue weighted by Crippen LogP contribution is 2.33. The zero-order valence-electron chi connectivity index (χ0n) is 9.70. The predicted octanol–water partition coefficient (Wildman–Crippen LogP) is 0.910. The lowest BCUT2D eigenvalue weighted by Gasteiger charge is -2.43. The second-order valence-corrected chi connectivity index (χ2v) is 4.94. The molecule has 0 spiro atoms. The lowest BCUT2D eigenvalue weighted by molar-refractivity contribution is -0.140. The molecule has 0 bridgehead atoms. The van der Waals surface area contributed by atoms with Crippen molar-refractivity contribution in [2.24, 2.45) is 11.1 Å². The standard InChI is InChI=1S/C11H22N2O2/c1-9(2)13-5-3-4-11(7-12,8-13)6-10(14)15/h9H,3-8,12H2,1-2H3,(H,14,15). The molecule has 1 fully saturated rings. The molecule has 1 aliphatic heterocycles. The maximum absolute atomic E-state index is 10.8. The summed E-state index contributed by atoms with van der Waals surface area (Å²) in [5, 5.41) is 8.91. The van der Waals surface area contributed by atoms with E-state index in [0.29, 0.717) is 12.6 Å². The quantitative estimate of drug-likeness (QED) is 0.730. The fourth-order valence-corrected chi connectivity index (χ4v) is 2.39. The van der Waals surface area contributed by atoms with Crippen molar-refractivity contribution in [3.8, 4) is 0 Å². The molecule has 1 atom stereocenters. The first kappa shape index (κ1) is 12.5. The van der Waals surface area contributed by atoms with Crippen LogP contribution in [0.3, 0.4) is 0 Å². The molecule has 1 aliphatic rings. The van der Waals surface area contributed by atoms with E-state index >= 15 is 0 Å². The molecule has 0 aromatic carbocycles. The van der Waals surface area contributed by atoms with E-state index in [4.69, 9.17) is 10.8 Å². The molecule has 88 valence electrons. The molecule has 1 heterocycles. The summed E-state index contributed by atoms with van der Waals surface area (Å²) >= 11 is 0. The number of carboxylic acid groups (broad SMARTS) is 1. The number of aliphatic carboxylic acids is 1. The van der Waals surface area contributed by atoms with Crippen LogP contribution in [-0.2, 0) is 4.79 Å². The molecule has 15 heavy (non-hydrogen) atoms. The van der Waals surface area contributed by atoms with Gasteiger partial charge in [-0.15, -0.1) is 0 Å². The first-order valence-corrected chi connectivity index (χ1v) is 5.65. The Morgan fingerprint density at radius 2 is 2.27 bits per heavy atom. The van der Waals surface area contributed by atoms with Gasteiger partial charge in [-0.3, -0.25) is 4.79 Å². The zero-order valence-corrected chi connectivity index (χ0v) is 9.70. The number of piperidine rings is 1. The smallest absolute Gasteiger partial charge is 0.304 e. The topological polar surface area (TPSA) is 66.6 Å². The second-order valence-electron chi connectivity index (χ2n) is 4.94. The van der Waals surface area contributed by atoms with Crippen LogP contribution in [0.2, 0.25) is 0 Å². The first-order chi connectivity index (χ1) is 6.99. The lowest BCUT2D eigenvalue weighted by Crippen LogP contribution is -2.50. The maximum Gasteiger partial charge on any atom is 0.304 e. The molecular weight excluding hydrogens is 192 g/mol. The summed E-state index contributed by atoms with van der Waals surface area (Å²) in [6.45, 7) is 6.66. The molecule has 1 saturated heterocycles. The van der Waals surface area contributed by atoms with Gasteiger partial charge in [0.1, 0.15) is 0 Å². The Bertz CT molecular complexity index is 231. The van der Waals surface area contributed by atoms with Crippen LogP contribution in [0.1, 0.15) is 33.1 Å². The highest BCUT2D eigenvalue weighted by atomic mass is 16.4. The van der Waals surface area contributed by atoms with Gasteiger partial charge in [-0.1, -0.05) is 0 Å². The van der Waals surface area contributed by atoms with Crippen molar-refractivity contribution >= 4 is 5.97 Å². The van der Waals surface area contributed by atoms with Crippen LogP contribution >= 0.6 is 0 Å². The van der Waals surface area contributed by atoms with Gasteiger partial charge >= 0.3 is 5.97 Å². The van der Waals surface area contributed by atoms with E-state index in [1.807, 2.05) is 0 Å². The van der Waals surface area contributed by atoms with Crippen molar-refractivity contribution in [3.05, 3.63) is 0 Å². The molecule has 0 aromatic rings. The number of hydrogen-bond donors (Lipinski definition) is 2. The van der Waals surface area contributed by atoms with E-state index < -0.39 is 5.97 Å². The van der Waals surface area contributed by atoms with E-state index in [0.717, 1.165) is 25.9 Å². The number of likely N-dealkylation sites (tertiary alicyclic amines) is 1. The van der Waals surface area contributed by atoms with Crippen LogP contribution in [-0.4, -0.2) is 41.7 Å². The van der Waals surface area contributed by atoms with E-state index in [-0.39, 0.29) is 11.8 Å². The minimum atomic E-state index is -0.731. The maximum atomic E-state index is 10.8. The number of rotatable bonds is 4. The van der Waals surface area contributed by atoms with Crippen molar-refractivity contribution in [3.63, 3.8) is 0 Å². The average molecular weight is 214 g/mol. The number of nitrogens with zero attached hydrogens (tertiary/aromatic N) is 1. The summed E-state index contributed by atoms with van der Waals surface area (Å²) in [6, 6.07) is 0.477. The second kappa shape index (κ2) is 4.94. The van der Waals surface area contributed by atoms with E-state index in [2.05, 4.69) is 18.7 Å². The normalized spacial score (nSPS) is 28.3. The summed E-state index contributed by atoms with van der Waals surface area (Å²) in [4.78, 5) is 13.2. The number of hydrogen-bond acceptors (Lipinski definition) is 3. The van der Waals surface area contributed by atoms with Crippen LogP contribution in [0.5, 0.6) is 0 Å². The van der Waals surface area contributed by atoms with Gasteiger partial charge in [0.2, 0.25) is 0 Å². The first-order valence-electron chi connectivity index (χ1n) is 5.65. The third-order valence-corrected chi connectivity index (χ3v) is 3.38. The molecule has 1 unspecified atom stereocenters. The number of nitrogens with two attached hydrogens (primary N) is 1. The number of carboxylic acids is 1. The summed E-state index contributed by atoms with van der Waals surface area (Å²) in [7, 11) is 0. The van der Waals surface area contributed by atoms with Gasteiger partial charge in [0.05, 0.1) is 6.42 Å². The molecule has 0 aliphatic carbocycles. The van der Waals surface area contributed by atoms with Crippen molar-refractivity contribution in [1.29, 1.82) is 0 Å². The third-order valence-electron chi connectivity index (χ3n) is 3.38. The van der Waals surface area contributed by atoms with E-state index in [1.54, 1.807) is 0 Å². The van der Waals surface area contributed by atoms with Crippen molar-refractivity contribution in [2.75, 3.05) is 19.6 Å². The Morgan fingerprint density at radius 1 is 1.60 bits per heavy atom. The van der Waals surface area contributed by atoms with Gasteiger partial charge in [-0.25, -0.2) is 0 Å². The molecule has 0 amide bonds. The summed E-state index contributed by atoms with van der Waals surface area (Å²) < 4.78 is 0. The summed E-state index contributed by atoms with van der Waals surface area (Å²) in [6.07, 6.45) is 2.20. The predicted molar refractivity (Wildman–Crippen MR) is 59.7 cm³/mol. The third kappa shape index (κ3) is 3.18. The van der Waals surface area contributed by atoms with Crippen molar-refractivity contribution in [1.82, 2.24) is 4.90 Å². The molecular formula is C11H22N2O2. The Kier molecular flexibility index (Phi) is 4.11. The summed E-state index contributed by atoms with van der Waals surface area (Å²) in [5.41, 5.74) is 5.56. The lowest BCUT2D eigenvalue weighted by atomic mass is 9.77. The molecule has 0 aromatic heterocycles. The van der Waals surface area contributed by atoms with Gasteiger partial charge in [0, 0.05) is 18.0 Å². The van der Waals surface area contributed by atoms with Gasteiger partial charge < -0.3 is 15.7 Å². The SMILES string of the molecule is CC(C)N1CCCC(CN)(CC(=O)O)C1. The minimum absolute atomic E-state index is 0.200. The van der Waals surface area contributed by atoms with Gasteiger partial charge in [-0.2, -0.15) is 0 Å². The van der Waals surface area contributed by atoms with Crippen LogP contribution in [0, 0.1) is 5.41 Å². The molecule has 0 saturated carbocycles. The van der Waals surface area contributed by atoms with Gasteiger partial charge in [0.15, 0.2) is 0 Å². The zero-order chi connectivity index (χ0) is 11.5. The number of carbonyl (C=O) groups is 1. The molecule has 3 N–H and O–H groups in total. The van der Waals surface area contributed by atoms with Crippen LogP contribution in [0.25, 0.3) is 0 Å². The average Bonchev–Trinajstić information content (AvgIpc) is 2.17. The van der Waals surface area contributed by atoms with Crippen molar-refractivity contribution < 1.29 is 9.90 Å². The Hall–Kier alpha value is -0.610. The molecule has 1 rings (SSSR count). The van der Waals surface area contributed by atoms with Crippen LogP contribution in [0.4, 0.5) is 0 Å². The van der Waals surface area contributed by atoms with E-state index in [9.17, 15) is 4.79 Å². The van der Waals surface area contributed by atoms with Gasteiger partial charge in [0.25, 0.3) is 0 Å². The molecule has 4 heteroatoms. The fourth-order valence-electron chi connectivity index (χ4n) is 2.39. The van der Waals surface area contributed by atoms with Gasteiger partial charge in [-0.05, 0) is 39.8 Å². The molecule has 0 radical (unpaired) electrons. The highest BCUT2D eigenvalue weighted by Gasteiger charge is 2.36. The Labute approximate surface area is 91.4 Å². The Morgan fingerprint density at radius 3 is 2.73 bits per heavy atom. The van der Waals surface area contributed by atoms with Crippen LogP contribution in [0.15, 0.2) is 0 Å². The van der Waals surface area contributed by atoms with Crippen LogP contribution < -0.4 is 5.73 Å². The minimum Gasteiger partial charge on any atom is -0.481 e. The molecule has 4 nitrogen and oxygen atoms in total. The largest absolute Gasteiger partial charge is 0.481 e. The Balaban J connectivity index is 2.67. The van der Waals surface area contributed by atoms with Crippen molar-refractivity contribution in [2.45, 2.75) is 39.2 Å².